The molecule has 146 valence electrons. The van der Waals surface area contributed by atoms with Crippen molar-refractivity contribution in [1.29, 1.82) is 0 Å². The molecule has 1 saturated carbocycles. The SMILES string of the molecule is CC(CN1CCN(CCOC2CC(N(C)C(=O)C(C)C)C2)CC1)SS. The molecule has 1 saturated heterocycles. The van der Waals surface area contributed by atoms with Gasteiger partial charge in [-0.25, -0.2) is 0 Å². The van der Waals surface area contributed by atoms with E-state index in [0.717, 1.165) is 58.7 Å². The minimum Gasteiger partial charge on any atom is -0.377 e. The Morgan fingerprint density at radius 3 is 2.36 bits per heavy atom. The van der Waals surface area contributed by atoms with Crippen molar-refractivity contribution in [3.63, 3.8) is 0 Å². The zero-order chi connectivity index (χ0) is 18.4. The fraction of sp³-hybridized carbons (Fsp3) is 0.944. The maximum Gasteiger partial charge on any atom is 0.225 e. The van der Waals surface area contributed by atoms with E-state index in [2.05, 4.69) is 28.4 Å². The molecule has 2 aliphatic rings. The molecule has 1 aliphatic carbocycles. The quantitative estimate of drug-likeness (QED) is 0.483. The van der Waals surface area contributed by atoms with Crippen LogP contribution in [0, 0.1) is 5.92 Å². The van der Waals surface area contributed by atoms with Crippen molar-refractivity contribution >= 4 is 28.4 Å². The highest BCUT2D eigenvalue weighted by atomic mass is 33.1. The summed E-state index contributed by atoms with van der Waals surface area (Å²) in [7, 11) is 3.57. The Balaban J connectivity index is 1.53. The Morgan fingerprint density at radius 2 is 1.80 bits per heavy atom. The van der Waals surface area contributed by atoms with Crippen LogP contribution < -0.4 is 0 Å². The Hall–Kier alpha value is 0.0500. The molecule has 0 bridgehead atoms. The summed E-state index contributed by atoms with van der Waals surface area (Å²) < 4.78 is 6.00. The number of carbonyl (C=O) groups excluding carboxylic acids is 1. The number of nitrogens with zero attached hydrogens (tertiary/aromatic N) is 3. The van der Waals surface area contributed by atoms with Gasteiger partial charge in [0.05, 0.1) is 12.7 Å². The number of thiol groups is 1. The summed E-state index contributed by atoms with van der Waals surface area (Å²) in [6.45, 7) is 13.7. The third-order valence-corrected chi connectivity index (χ3v) is 6.97. The second kappa shape index (κ2) is 10.4. The zero-order valence-electron chi connectivity index (χ0n) is 16.2. The third-order valence-electron chi connectivity index (χ3n) is 5.38. The molecule has 25 heavy (non-hydrogen) atoms. The number of piperazine rings is 1. The van der Waals surface area contributed by atoms with E-state index in [4.69, 9.17) is 4.74 Å². The highest BCUT2D eigenvalue weighted by Crippen LogP contribution is 2.28. The van der Waals surface area contributed by atoms with Gasteiger partial charge in [-0.3, -0.25) is 14.6 Å². The Bertz CT molecular complexity index is 411. The van der Waals surface area contributed by atoms with E-state index < -0.39 is 0 Å². The molecule has 1 heterocycles. The number of hydrogen-bond acceptors (Lipinski definition) is 6. The minimum absolute atomic E-state index is 0.0815. The van der Waals surface area contributed by atoms with Gasteiger partial charge in [-0.1, -0.05) is 31.6 Å². The molecule has 0 spiro atoms. The standard InChI is InChI=1S/C18H35N3O2S2/c1-14(2)18(22)19(4)16-11-17(12-16)23-10-9-20-5-7-21(8-6-20)13-15(3)25-24/h14-17,24H,5-13H2,1-4H3. The summed E-state index contributed by atoms with van der Waals surface area (Å²) in [5.41, 5.74) is 0. The van der Waals surface area contributed by atoms with E-state index in [-0.39, 0.29) is 11.8 Å². The van der Waals surface area contributed by atoms with Crippen molar-refractivity contribution in [2.45, 2.75) is 51.0 Å². The van der Waals surface area contributed by atoms with E-state index in [1.165, 1.54) is 0 Å². The van der Waals surface area contributed by atoms with Gasteiger partial charge in [0.25, 0.3) is 0 Å². The molecule has 2 rings (SSSR count). The molecule has 0 N–H and O–H groups in total. The molecule has 1 unspecified atom stereocenters. The fourth-order valence-electron chi connectivity index (χ4n) is 3.52. The monoisotopic (exact) mass is 389 g/mol. The molecule has 0 aromatic heterocycles. The molecule has 0 aromatic rings. The average Bonchev–Trinajstić information content (AvgIpc) is 2.56. The van der Waals surface area contributed by atoms with Gasteiger partial charge in [-0.15, -0.1) is 11.7 Å². The minimum atomic E-state index is 0.0815. The molecule has 5 nitrogen and oxygen atoms in total. The van der Waals surface area contributed by atoms with Gasteiger partial charge in [0, 0.05) is 63.5 Å². The summed E-state index contributed by atoms with van der Waals surface area (Å²) in [5, 5.41) is 0.588. The van der Waals surface area contributed by atoms with Crippen LogP contribution in [0.1, 0.15) is 33.6 Å². The van der Waals surface area contributed by atoms with Crippen LogP contribution in [-0.2, 0) is 9.53 Å². The van der Waals surface area contributed by atoms with Crippen molar-refractivity contribution in [3.8, 4) is 0 Å². The van der Waals surface area contributed by atoms with E-state index in [9.17, 15) is 4.79 Å². The number of ether oxygens (including phenoxy) is 1. The van der Waals surface area contributed by atoms with Crippen LogP contribution >= 0.6 is 22.5 Å². The topological polar surface area (TPSA) is 36.0 Å². The maximum absolute atomic E-state index is 12.0. The number of rotatable bonds is 9. The molecule has 7 heteroatoms. The summed E-state index contributed by atoms with van der Waals surface area (Å²) in [5.74, 6) is 0.324. The lowest BCUT2D eigenvalue weighted by Gasteiger charge is -2.42. The van der Waals surface area contributed by atoms with Crippen LogP contribution in [0.25, 0.3) is 0 Å². The van der Waals surface area contributed by atoms with Gasteiger partial charge in [-0.2, -0.15) is 0 Å². The van der Waals surface area contributed by atoms with Crippen LogP contribution in [0.15, 0.2) is 0 Å². The maximum atomic E-state index is 12.0. The number of amides is 1. The Morgan fingerprint density at radius 1 is 1.20 bits per heavy atom. The first kappa shape index (κ1) is 21.4. The summed E-state index contributed by atoms with van der Waals surface area (Å²) in [6, 6.07) is 0.370. The van der Waals surface area contributed by atoms with Gasteiger partial charge >= 0.3 is 0 Å². The second-order valence-electron chi connectivity index (χ2n) is 7.78. The molecular weight excluding hydrogens is 354 g/mol. The Kier molecular flexibility index (Phi) is 8.88. The normalized spacial score (nSPS) is 26.5. The predicted molar refractivity (Wildman–Crippen MR) is 109 cm³/mol. The van der Waals surface area contributed by atoms with Crippen molar-refractivity contribution in [2.75, 3.05) is 52.9 Å². The van der Waals surface area contributed by atoms with Gasteiger partial charge in [0.1, 0.15) is 0 Å². The van der Waals surface area contributed by atoms with Gasteiger partial charge in [-0.05, 0) is 12.8 Å². The Labute approximate surface area is 162 Å². The van der Waals surface area contributed by atoms with Gasteiger partial charge in [0.15, 0.2) is 0 Å². The highest BCUT2D eigenvalue weighted by molar-refractivity contribution is 8.68. The molecule has 0 aromatic carbocycles. The smallest absolute Gasteiger partial charge is 0.225 e. The van der Waals surface area contributed by atoms with E-state index in [0.29, 0.717) is 17.4 Å². The number of hydrogen-bond donors (Lipinski definition) is 1. The fourth-order valence-corrected chi connectivity index (χ4v) is 4.00. The van der Waals surface area contributed by atoms with E-state index in [1.807, 2.05) is 25.8 Å². The van der Waals surface area contributed by atoms with Crippen LogP contribution in [0.4, 0.5) is 0 Å². The van der Waals surface area contributed by atoms with Crippen LogP contribution in [0.3, 0.4) is 0 Å². The van der Waals surface area contributed by atoms with E-state index >= 15 is 0 Å². The lowest BCUT2D eigenvalue weighted by atomic mass is 9.87. The largest absolute Gasteiger partial charge is 0.377 e. The molecule has 2 fully saturated rings. The first-order chi connectivity index (χ1) is 11.9. The predicted octanol–water partition coefficient (Wildman–Crippen LogP) is 2.23. The average molecular weight is 390 g/mol. The van der Waals surface area contributed by atoms with Gasteiger partial charge < -0.3 is 9.64 Å². The highest BCUT2D eigenvalue weighted by Gasteiger charge is 2.35. The summed E-state index contributed by atoms with van der Waals surface area (Å²) >= 11 is 4.29. The van der Waals surface area contributed by atoms with Gasteiger partial charge in [0.2, 0.25) is 5.91 Å². The van der Waals surface area contributed by atoms with Crippen LogP contribution in [0.2, 0.25) is 0 Å². The lowest BCUT2D eigenvalue weighted by Crippen LogP contribution is -2.51. The molecule has 0 radical (unpaired) electrons. The number of carbonyl (C=O) groups is 1. The summed E-state index contributed by atoms with van der Waals surface area (Å²) in [6.07, 6.45) is 2.31. The van der Waals surface area contributed by atoms with Crippen molar-refractivity contribution in [1.82, 2.24) is 14.7 Å². The first-order valence-electron chi connectivity index (χ1n) is 9.54. The molecule has 1 amide bonds. The van der Waals surface area contributed by atoms with Crippen molar-refractivity contribution < 1.29 is 9.53 Å². The first-order valence-corrected chi connectivity index (χ1v) is 11.5. The van der Waals surface area contributed by atoms with Crippen LogP contribution in [-0.4, -0.2) is 90.9 Å². The lowest BCUT2D eigenvalue weighted by molar-refractivity contribution is -0.140. The summed E-state index contributed by atoms with van der Waals surface area (Å²) in [4.78, 5) is 18.9. The van der Waals surface area contributed by atoms with Crippen molar-refractivity contribution in [2.24, 2.45) is 5.92 Å². The second-order valence-corrected chi connectivity index (χ2v) is 9.43. The van der Waals surface area contributed by atoms with Crippen molar-refractivity contribution in [3.05, 3.63) is 0 Å². The third kappa shape index (κ3) is 6.61. The zero-order valence-corrected chi connectivity index (χ0v) is 17.9. The van der Waals surface area contributed by atoms with E-state index in [1.54, 1.807) is 10.8 Å². The molecule has 1 atom stereocenters. The molecular formula is C18H35N3O2S2. The molecule has 1 aliphatic heterocycles. The van der Waals surface area contributed by atoms with Crippen LogP contribution in [0.5, 0.6) is 0 Å².